The molecule has 5 nitrogen and oxygen atoms in total. The summed E-state index contributed by atoms with van der Waals surface area (Å²) in [6, 6.07) is 3.77. The van der Waals surface area contributed by atoms with Crippen LogP contribution in [-0.4, -0.2) is 41.5 Å². The molecule has 1 fully saturated rings. The first-order chi connectivity index (χ1) is 9.08. The van der Waals surface area contributed by atoms with E-state index in [1.54, 1.807) is 11.1 Å². The van der Waals surface area contributed by atoms with Gasteiger partial charge in [0, 0.05) is 31.9 Å². The molecule has 104 valence electrons. The molecule has 2 rings (SSSR count). The molecule has 0 radical (unpaired) electrons. The number of nitrogens with one attached hydrogen (secondary N) is 1. The third-order valence-electron chi connectivity index (χ3n) is 3.16. The van der Waals surface area contributed by atoms with Crippen molar-refractivity contribution in [2.75, 3.05) is 13.6 Å². The summed E-state index contributed by atoms with van der Waals surface area (Å²) >= 11 is 0. The summed E-state index contributed by atoms with van der Waals surface area (Å²) in [4.78, 5) is 17.8. The average molecular weight is 263 g/mol. The van der Waals surface area contributed by atoms with Crippen molar-refractivity contribution in [2.24, 2.45) is 0 Å². The summed E-state index contributed by atoms with van der Waals surface area (Å²) < 4.78 is 5.66. The van der Waals surface area contributed by atoms with Gasteiger partial charge in [0.2, 0.25) is 11.8 Å². The second-order valence-electron chi connectivity index (χ2n) is 5.12. The minimum absolute atomic E-state index is 0.0860. The lowest BCUT2D eigenvalue weighted by molar-refractivity contribution is -0.128. The van der Waals surface area contributed by atoms with Crippen molar-refractivity contribution in [3.05, 3.63) is 23.9 Å². The Balaban J connectivity index is 1.98. The number of carbonyl (C=O) groups is 1. The summed E-state index contributed by atoms with van der Waals surface area (Å²) in [5, 5.41) is 3.28. The molecule has 1 unspecified atom stereocenters. The number of aromatic nitrogens is 1. The number of hydrogen-bond acceptors (Lipinski definition) is 4. The summed E-state index contributed by atoms with van der Waals surface area (Å²) in [6.07, 6.45) is 2.67. The van der Waals surface area contributed by atoms with Crippen LogP contribution in [0.4, 0.5) is 0 Å². The first kappa shape index (κ1) is 13.8. The monoisotopic (exact) mass is 263 g/mol. The highest BCUT2D eigenvalue weighted by atomic mass is 16.5. The molecular formula is C14H21N3O2. The van der Waals surface area contributed by atoms with Crippen molar-refractivity contribution in [2.45, 2.75) is 39.0 Å². The number of hydrogen-bond donors (Lipinski definition) is 1. The lowest BCUT2D eigenvalue weighted by atomic mass is 10.2. The molecule has 19 heavy (non-hydrogen) atoms. The van der Waals surface area contributed by atoms with Crippen LogP contribution < -0.4 is 10.1 Å². The van der Waals surface area contributed by atoms with Crippen LogP contribution in [-0.2, 0) is 11.3 Å². The largest absolute Gasteiger partial charge is 0.475 e. The molecule has 0 aromatic carbocycles. The van der Waals surface area contributed by atoms with E-state index in [0.29, 0.717) is 12.4 Å². The molecule has 0 spiro atoms. The summed E-state index contributed by atoms with van der Waals surface area (Å²) in [5.74, 6) is 0.805. The zero-order valence-electron chi connectivity index (χ0n) is 11.7. The third kappa shape index (κ3) is 3.44. The number of likely N-dealkylation sites (N-methyl/N-ethyl adjacent to an activating group) is 1. The van der Waals surface area contributed by atoms with Gasteiger partial charge >= 0.3 is 0 Å². The SMILES string of the molecule is CC(C)Oc1ncccc1CNC1CCN(C)C1=O. The van der Waals surface area contributed by atoms with Gasteiger partial charge in [0.1, 0.15) is 0 Å². The minimum atomic E-state index is -0.0860. The van der Waals surface area contributed by atoms with Crippen molar-refractivity contribution >= 4 is 5.91 Å². The summed E-state index contributed by atoms with van der Waals surface area (Å²) in [7, 11) is 1.83. The Morgan fingerprint density at radius 2 is 2.37 bits per heavy atom. The smallest absolute Gasteiger partial charge is 0.239 e. The minimum Gasteiger partial charge on any atom is -0.475 e. The molecule has 0 bridgehead atoms. The Bertz CT molecular complexity index is 448. The van der Waals surface area contributed by atoms with Gasteiger partial charge in [-0.3, -0.25) is 4.79 Å². The maximum atomic E-state index is 11.8. The fourth-order valence-corrected chi connectivity index (χ4v) is 2.13. The van der Waals surface area contributed by atoms with Gasteiger partial charge in [-0.15, -0.1) is 0 Å². The standard InChI is InChI=1S/C14H21N3O2/c1-10(2)19-13-11(5-4-7-15-13)9-16-12-6-8-17(3)14(12)18/h4-5,7,10,12,16H,6,8-9H2,1-3H3. The fraction of sp³-hybridized carbons (Fsp3) is 0.571. The zero-order chi connectivity index (χ0) is 13.8. The van der Waals surface area contributed by atoms with Gasteiger partial charge in [-0.2, -0.15) is 0 Å². The van der Waals surface area contributed by atoms with E-state index in [9.17, 15) is 4.79 Å². The van der Waals surface area contributed by atoms with E-state index >= 15 is 0 Å². The number of amides is 1. The van der Waals surface area contributed by atoms with Crippen LogP contribution in [0.3, 0.4) is 0 Å². The van der Waals surface area contributed by atoms with Crippen LogP contribution in [0.1, 0.15) is 25.8 Å². The number of likely N-dealkylation sites (tertiary alicyclic amines) is 1. The predicted molar refractivity (Wildman–Crippen MR) is 72.9 cm³/mol. The lowest BCUT2D eigenvalue weighted by Crippen LogP contribution is -2.36. The van der Waals surface area contributed by atoms with Crippen LogP contribution in [0.15, 0.2) is 18.3 Å². The van der Waals surface area contributed by atoms with Gasteiger partial charge in [0.05, 0.1) is 12.1 Å². The molecule has 5 heteroatoms. The van der Waals surface area contributed by atoms with Crippen LogP contribution in [0.2, 0.25) is 0 Å². The van der Waals surface area contributed by atoms with Gasteiger partial charge in [0.15, 0.2) is 0 Å². The number of rotatable bonds is 5. The molecule has 1 aromatic heterocycles. The number of ether oxygens (including phenoxy) is 1. The van der Waals surface area contributed by atoms with Crippen LogP contribution in [0.5, 0.6) is 5.88 Å². The topological polar surface area (TPSA) is 54.5 Å². The van der Waals surface area contributed by atoms with Crippen LogP contribution in [0.25, 0.3) is 0 Å². The normalized spacial score (nSPS) is 19.3. The Kier molecular flexibility index (Phi) is 4.37. The molecule has 1 N–H and O–H groups in total. The first-order valence-electron chi connectivity index (χ1n) is 6.67. The fourth-order valence-electron chi connectivity index (χ4n) is 2.13. The van der Waals surface area contributed by atoms with E-state index in [-0.39, 0.29) is 18.1 Å². The molecule has 1 amide bonds. The molecule has 2 heterocycles. The molecule has 1 aromatic rings. The Morgan fingerprint density at radius 3 is 3.00 bits per heavy atom. The quantitative estimate of drug-likeness (QED) is 0.867. The van der Waals surface area contributed by atoms with Gasteiger partial charge in [-0.25, -0.2) is 4.98 Å². The van der Waals surface area contributed by atoms with Gasteiger partial charge < -0.3 is 15.0 Å². The van der Waals surface area contributed by atoms with E-state index in [1.165, 1.54) is 0 Å². The highest BCUT2D eigenvalue weighted by Gasteiger charge is 2.28. The molecule has 1 atom stereocenters. The van der Waals surface area contributed by atoms with E-state index in [1.807, 2.05) is 33.0 Å². The zero-order valence-corrected chi connectivity index (χ0v) is 11.7. The highest BCUT2D eigenvalue weighted by Crippen LogP contribution is 2.17. The molecule has 1 aliphatic heterocycles. The second-order valence-corrected chi connectivity index (χ2v) is 5.12. The van der Waals surface area contributed by atoms with Gasteiger partial charge in [0.25, 0.3) is 0 Å². The van der Waals surface area contributed by atoms with Crippen LogP contribution >= 0.6 is 0 Å². The van der Waals surface area contributed by atoms with E-state index in [4.69, 9.17) is 4.74 Å². The molecule has 1 saturated heterocycles. The number of pyridine rings is 1. The summed E-state index contributed by atoms with van der Waals surface area (Å²) in [5.41, 5.74) is 0.985. The highest BCUT2D eigenvalue weighted by molar-refractivity contribution is 5.83. The maximum absolute atomic E-state index is 11.8. The third-order valence-corrected chi connectivity index (χ3v) is 3.16. The van der Waals surface area contributed by atoms with Gasteiger partial charge in [-0.05, 0) is 26.3 Å². The average Bonchev–Trinajstić information content (AvgIpc) is 2.68. The molecular weight excluding hydrogens is 242 g/mol. The Hall–Kier alpha value is -1.62. The van der Waals surface area contributed by atoms with Crippen molar-refractivity contribution < 1.29 is 9.53 Å². The second kappa shape index (κ2) is 6.02. The van der Waals surface area contributed by atoms with Crippen molar-refractivity contribution in [1.29, 1.82) is 0 Å². The Labute approximate surface area is 114 Å². The van der Waals surface area contributed by atoms with E-state index in [0.717, 1.165) is 18.5 Å². The molecule has 0 saturated carbocycles. The maximum Gasteiger partial charge on any atom is 0.239 e. The lowest BCUT2D eigenvalue weighted by Gasteiger charge is -2.15. The summed E-state index contributed by atoms with van der Waals surface area (Å²) in [6.45, 7) is 5.36. The molecule has 1 aliphatic rings. The van der Waals surface area contributed by atoms with Crippen LogP contribution in [0, 0.1) is 0 Å². The Morgan fingerprint density at radius 1 is 1.58 bits per heavy atom. The molecule has 0 aliphatic carbocycles. The van der Waals surface area contributed by atoms with Crippen molar-refractivity contribution in [1.82, 2.24) is 15.2 Å². The first-order valence-corrected chi connectivity index (χ1v) is 6.67. The van der Waals surface area contributed by atoms with E-state index in [2.05, 4.69) is 10.3 Å². The van der Waals surface area contributed by atoms with Gasteiger partial charge in [-0.1, -0.05) is 6.07 Å². The number of nitrogens with zero attached hydrogens (tertiary/aromatic N) is 2. The van der Waals surface area contributed by atoms with Crippen molar-refractivity contribution in [3.63, 3.8) is 0 Å². The van der Waals surface area contributed by atoms with E-state index < -0.39 is 0 Å². The number of carbonyl (C=O) groups excluding carboxylic acids is 1. The predicted octanol–water partition coefficient (Wildman–Crippen LogP) is 1.19. The van der Waals surface area contributed by atoms with Crippen molar-refractivity contribution in [3.8, 4) is 5.88 Å².